The molecular weight excluding hydrogens is 246 g/mol. The lowest BCUT2D eigenvalue weighted by atomic mass is 9.87. The van der Waals surface area contributed by atoms with Gasteiger partial charge in [-0.2, -0.15) is 5.10 Å². The van der Waals surface area contributed by atoms with Crippen LogP contribution in [-0.2, 0) is 6.54 Å². The number of hydrogen-bond acceptors (Lipinski definition) is 2. The molecule has 0 spiro atoms. The second kappa shape index (κ2) is 6.23. The third-order valence-corrected chi connectivity index (χ3v) is 4.32. The Bertz CT molecular complexity index is 508. The van der Waals surface area contributed by atoms with E-state index in [9.17, 15) is 0 Å². The highest BCUT2D eigenvalue weighted by atomic mass is 15.3. The molecule has 0 saturated heterocycles. The predicted octanol–water partition coefficient (Wildman–Crippen LogP) is 3.54. The van der Waals surface area contributed by atoms with Gasteiger partial charge < -0.3 is 5.32 Å². The van der Waals surface area contributed by atoms with E-state index >= 15 is 0 Å². The largest absolute Gasteiger partial charge is 0.310 e. The van der Waals surface area contributed by atoms with Crippen molar-refractivity contribution >= 4 is 0 Å². The molecule has 3 nitrogen and oxygen atoms in total. The van der Waals surface area contributed by atoms with Crippen LogP contribution in [0.3, 0.4) is 0 Å². The van der Waals surface area contributed by atoms with Crippen LogP contribution in [-0.4, -0.2) is 15.8 Å². The number of aromatic nitrogens is 2. The molecule has 1 aliphatic rings. The van der Waals surface area contributed by atoms with Gasteiger partial charge in [0.15, 0.2) is 0 Å². The van der Waals surface area contributed by atoms with E-state index in [1.54, 1.807) is 6.20 Å². The molecule has 0 amide bonds. The van der Waals surface area contributed by atoms with Crippen molar-refractivity contribution in [3.05, 3.63) is 48.3 Å². The smallest absolute Gasteiger partial charge is 0.0645 e. The molecule has 0 radical (unpaired) electrons. The summed E-state index contributed by atoms with van der Waals surface area (Å²) in [6.45, 7) is 3.34. The molecule has 1 saturated carbocycles. The van der Waals surface area contributed by atoms with E-state index in [0.29, 0.717) is 6.04 Å². The van der Waals surface area contributed by atoms with Gasteiger partial charge in [0, 0.05) is 25.0 Å². The quantitative estimate of drug-likeness (QED) is 0.920. The molecule has 0 atom stereocenters. The molecule has 3 heteroatoms. The number of nitrogens with one attached hydrogen (secondary N) is 1. The number of rotatable bonds is 4. The van der Waals surface area contributed by atoms with Crippen LogP contribution in [0.2, 0.25) is 0 Å². The van der Waals surface area contributed by atoms with Crippen LogP contribution in [0, 0.1) is 5.92 Å². The minimum Gasteiger partial charge on any atom is -0.310 e. The maximum atomic E-state index is 4.24. The second-order valence-corrected chi connectivity index (χ2v) is 5.95. The Labute approximate surface area is 121 Å². The highest BCUT2D eigenvalue weighted by molar-refractivity contribution is 5.33. The number of benzene rings is 1. The minimum absolute atomic E-state index is 0.706. The summed E-state index contributed by atoms with van der Waals surface area (Å²) in [7, 11) is 0. The third-order valence-electron chi connectivity index (χ3n) is 4.32. The highest BCUT2D eigenvalue weighted by Crippen LogP contribution is 2.23. The molecule has 3 rings (SSSR count). The summed E-state index contributed by atoms with van der Waals surface area (Å²) >= 11 is 0. The van der Waals surface area contributed by atoms with Crippen molar-refractivity contribution in [1.29, 1.82) is 0 Å². The predicted molar refractivity (Wildman–Crippen MR) is 81.8 cm³/mol. The third kappa shape index (κ3) is 3.28. The fourth-order valence-corrected chi connectivity index (χ4v) is 2.91. The fraction of sp³-hybridized carbons (Fsp3) is 0.471. The lowest BCUT2D eigenvalue weighted by molar-refractivity contribution is 0.306. The molecule has 0 aliphatic heterocycles. The van der Waals surface area contributed by atoms with Gasteiger partial charge in [0.25, 0.3) is 0 Å². The summed E-state index contributed by atoms with van der Waals surface area (Å²) in [6.07, 6.45) is 9.17. The van der Waals surface area contributed by atoms with Crippen molar-refractivity contribution in [2.45, 2.75) is 45.2 Å². The Balaban J connectivity index is 1.53. The number of nitrogens with zero attached hydrogens (tertiary/aromatic N) is 2. The summed E-state index contributed by atoms with van der Waals surface area (Å²) in [4.78, 5) is 0. The van der Waals surface area contributed by atoms with E-state index in [2.05, 4.69) is 41.6 Å². The topological polar surface area (TPSA) is 29.9 Å². The SMILES string of the molecule is CC1CCC(NCc2ccc(-n3cccn3)cc2)CC1. The molecule has 2 aromatic rings. The maximum Gasteiger partial charge on any atom is 0.0645 e. The van der Waals surface area contributed by atoms with Crippen LogP contribution < -0.4 is 5.32 Å². The van der Waals surface area contributed by atoms with Crippen LogP contribution >= 0.6 is 0 Å². The Hall–Kier alpha value is -1.61. The lowest BCUT2D eigenvalue weighted by Crippen LogP contribution is -2.32. The molecule has 106 valence electrons. The molecule has 1 aromatic carbocycles. The Morgan fingerprint density at radius 1 is 1.15 bits per heavy atom. The van der Waals surface area contributed by atoms with Crippen molar-refractivity contribution in [2.75, 3.05) is 0 Å². The molecule has 0 unspecified atom stereocenters. The van der Waals surface area contributed by atoms with Gasteiger partial charge in [0.2, 0.25) is 0 Å². The zero-order chi connectivity index (χ0) is 13.8. The van der Waals surface area contributed by atoms with E-state index < -0.39 is 0 Å². The maximum absolute atomic E-state index is 4.24. The first-order valence-corrected chi connectivity index (χ1v) is 7.63. The first-order chi connectivity index (χ1) is 9.81. The molecule has 1 N–H and O–H groups in total. The average Bonchev–Trinajstić information content (AvgIpc) is 3.01. The zero-order valence-electron chi connectivity index (χ0n) is 12.1. The van der Waals surface area contributed by atoms with Gasteiger partial charge in [0.05, 0.1) is 5.69 Å². The van der Waals surface area contributed by atoms with E-state index in [1.807, 2.05) is 16.9 Å². The van der Waals surface area contributed by atoms with E-state index in [1.165, 1.54) is 31.2 Å². The van der Waals surface area contributed by atoms with Gasteiger partial charge in [-0.1, -0.05) is 19.1 Å². The second-order valence-electron chi connectivity index (χ2n) is 5.95. The van der Waals surface area contributed by atoms with Crippen molar-refractivity contribution in [3.8, 4) is 5.69 Å². The molecule has 20 heavy (non-hydrogen) atoms. The summed E-state index contributed by atoms with van der Waals surface area (Å²) in [5, 5.41) is 7.93. The number of hydrogen-bond donors (Lipinski definition) is 1. The van der Waals surface area contributed by atoms with Crippen molar-refractivity contribution in [3.63, 3.8) is 0 Å². The van der Waals surface area contributed by atoms with Crippen molar-refractivity contribution in [1.82, 2.24) is 15.1 Å². The molecule has 1 aromatic heterocycles. The van der Waals surface area contributed by atoms with Gasteiger partial charge in [0.1, 0.15) is 0 Å². The Morgan fingerprint density at radius 2 is 1.90 bits per heavy atom. The molecule has 1 heterocycles. The molecular formula is C17H23N3. The van der Waals surface area contributed by atoms with Crippen LogP contribution in [0.1, 0.15) is 38.2 Å². The summed E-state index contributed by atoms with van der Waals surface area (Å²) in [5.41, 5.74) is 2.46. The first-order valence-electron chi connectivity index (χ1n) is 7.63. The standard InChI is InChI=1S/C17H23N3/c1-14-3-7-16(8-4-14)18-13-15-5-9-17(10-6-15)20-12-2-11-19-20/h2,5-6,9-12,14,16,18H,3-4,7-8,13H2,1H3. The molecule has 1 fully saturated rings. The van der Waals surface area contributed by atoms with Crippen LogP contribution in [0.25, 0.3) is 5.69 Å². The minimum atomic E-state index is 0.706. The van der Waals surface area contributed by atoms with Gasteiger partial charge in [-0.15, -0.1) is 0 Å². The molecule has 1 aliphatic carbocycles. The van der Waals surface area contributed by atoms with Crippen LogP contribution in [0.4, 0.5) is 0 Å². The molecule has 0 bridgehead atoms. The lowest BCUT2D eigenvalue weighted by Gasteiger charge is -2.27. The van der Waals surface area contributed by atoms with Gasteiger partial charge in [-0.05, 0) is 55.4 Å². The van der Waals surface area contributed by atoms with E-state index in [-0.39, 0.29) is 0 Å². The van der Waals surface area contributed by atoms with Gasteiger partial charge in [-0.25, -0.2) is 4.68 Å². The van der Waals surface area contributed by atoms with Crippen molar-refractivity contribution < 1.29 is 0 Å². The van der Waals surface area contributed by atoms with Crippen LogP contribution in [0.5, 0.6) is 0 Å². The monoisotopic (exact) mass is 269 g/mol. The van der Waals surface area contributed by atoms with Gasteiger partial charge in [-0.3, -0.25) is 0 Å². The Kier molecular flexibility index (Phi) is 4.16. The summed E-state index contributed by atoms with van der Waals surface area (Å²) < 4.78 is 1.89. The zero-order valence-corrected chi connectivity index (χ0v) is 12.1. The van der Waals surface area contributed by atoms with Crippen LogP contribution in [0.15, 0.2) is 42.7 Å². The summed E-state index contributed by atoms with van der Waals surface area (Å²) in [6, 6.07) is 11.3. The summed E-state index contributed by atoms with van der Waals surface area (Å²) in [5.74, 6) is 0.918. The van der Waals surface area contributed by atoms with E-state index in [0.717, 1.165) is 18.2 Å². The van der Waals surface area contributed by atoms with Crippen molar-refractivity contribution in [2.24, 2.45) is 5.92 Å². The Morgan fingerprint density at radius 3 is 2.55 bits per heavy atom. The fourth-order valence-electron chi connectivity index (χ4n) is 2.91. The van der Waals surface area contributed by atoms with E-state index in [4.69, 9.17) is 0 Å². The normalized spacial score (nSPS) is 22.9. The highest BCUT2D eigenvalue weighted by Gasteiger charge is 2.17. The van der Waals surface area contributed by atoms with Gasteiger partial charge >= 0.3 is 0 Å². The first kappa shape index (κ1) is 13.4. The average molecular weight is 269 g/mol.